The van der Waals surface area contributed by atoms with Crippen molar-refractivity contribution in [3.63, 3.8) is 0 Å². The molecule has 0 aromatic heterocycles. The minimum Gasteiger partial charge on any atom is -0.491 e. The summed E-state index contributed by atoms with van der Waals surface area (Å²) in [6.45, 7) is 5.52. The summed E-state index contributed by atoms with van der Waals surface area (Å²) < 4.78 is 10.9. The molecule has 0 fully saturated rings. The maximum absolute atomic E-state index is 5.55. The van der Waals surface area contributed by atoms with E-state index in [-0.39, 0.29) is 6.10 Å². The lowest BCUT2D eigenvalue weighted by molar-refractivity contribution is 0.0552. The summed E-state index contributed by atoms with van der Waals surface area (Å²) in [5.41, 5.74) is 6.23. The van der Waals surface area contributed by atoms with Gasteiger partial charge in [0.15, 0.2) is 0 Å². The summed E-state index contributed by atoms with van der Waals surface area (Å²) >= 11 is 0. The third-order valence-electron chi connectivity index (χ3n) is 1.97. The Morgan fingerprint density at radius 3 is 2.82 bits per heavy atom. The molecule has 0 atom stereocenters. The zero-order valence-electron chi connectivity index (χ0n) is 10.4. The second-order valence-corrected chi connectivity index (χ2v) is 3.80. The van der Waals surface area contributed by atoms with Crippen LogP contribution in [-0.4, -0.2) is 25.9 Å². The highest BCUT2D eigenvalue weighted by atomic mass is 16.5. The van der Waals surface area contributed by atoms with E-state index in [0.717, 1.165) is 11.3 Å². The summed E-state index contributed by atoms with van der Waals surface area (Å²) in [4.78, 5) is 0. The lowest BCUT2D eigenvalue weighted by Gasteiger charge is -2.09. The van der Waals surface area contributed by atoms with Crippen LogP contribution in [-0.2, 0) is 4.74 Å². The Balaban J connectivity index is 2.43. The molecule has 0 heterocycles. The summed E-state index contributed by atoms with van der Waals surface area (Å²) in [6, 6.07) is 7.65. The molecular weight excluding hydrogens is 214 g/mol. The molecule has 2 N–H and O–H groups in total. The highest BCUT2D eigenvalue weighted by Gasteiger charge is 1.96. The van der Waals surface area contributed by atoms with E-state index in [0.29, 0.717) is 19.8 Å². The van der Waals surface area contributed by atoms with Crippen LogP contribution in [0, 0.1) is 11.8 Å². The monoisotopic (exact) mass is 233 g/mol. The van der Waals surface area contributed by atoms with Gasteiger partial charge in [0.25, 0.3) is 0 Å². The van der Waals surface area contributed by atoms with Crippen molar-refractivity contribution in [3.8, 4) is 17.6 Å². The molecule has 0 saturated heterocycles. The standard InChI is InChI=1S/C14H19NO2/c1-12(2)16-9-10-17-14-7-3-5-13(11-14)6-4-8-15/h3,5,7,11-12H,8-10,15H2,1-2H3. The molecule has 17 heavy (non-hydrogen) atoms. The third kappa shape index (κ3) is 5.96. The minimum atomic E-state index is 0.236. The highest BCUT2D eigenvalue weighted by Crippen LogP contribution is 2.12. The maximum Gasteiger partial charge on any atom is 0.120 e. The smallest absolute Gasteiger partial charge is 0.120 e. The van der Waals surface area contributed by atoms with E-state index in [1.54, 1.807) is 0 Å². The molecule has 0 spiro atoms. The van der Waals surface area contributed by atoms with Crippen molar-refractivity contribution in [2.24, 2.45) is 5.73 Å². The zero-order valence-corrected chi connectivity index (χ0v) is 10.4. The van der Waals surface area contributed by atoms with Crippen LogP contribution in [0.2, 0.25) is 0 Å². The number of hydrogen-bond acceptors (Lipinski definition) is 3. The maximum atomic E-state index is 5.55. The summed E-state index contributed by atoms with van der Waals surface area (Å²) in [6.07, 6.45) is 0.236. The normalized spacial score (nSPS) is 9.88. The van der Waals surface area contributed by atoms with Gasteiger partial charge in [-0.2, -0.15) is 0 Å². The van der Waals surface area contributed by atoms with E-state index in [4.69, 9.17) is 15.2 Å². The van der Waals surface area contributed by atoms with Gasteiger partial charge in [-0.15, -0.1) is 0 Å². The van der Waals surface area contributed by atoms with Crippen LogP contribution in [0.5, 0.6) is 5.75 Å². The molecular formula is C14H19NO2. The number of rotatable bonds is 5. The molecule has 3 heteroatoms. The van der Waals surface area contributed by atoms with Crippen LogP contribution in [0.4, 0.5) is 0 Å². The Morgan fingerprint density at radius 2 is 2.12 bits per heavy atom. The van der Waals surface area contributed by atoms with Crippen molar-refractivity contribution in [1.82, 2.24) is 0 Å². The average Bonchev–Trinajstić information content (AvgIpc) is 2.32. The van der Waals surface area contributed by atoms with Crippen LogP contribution < -0.4 is 10.5 Å². The third-order valence-corrected chi connectivity index (χ3v) is 1.97. The lowest BCUT2D eigenvalue weighted by atomic mass is 10.2. The molecule has 0 radical (unpaired) electrons. The molecule has 3 nitrogen and oxygen atoms in total. The Hall–Kier alpha value is -1.50. The van der Waals surface area contributed by atoms with E-state index < -0.39 is 0 Å². The van der Waals surface area contributed by atoms with Gasteiger partial charge >= 0.3 is 0 Å². The molecule has 92 valence electrons. The summed E-state index contributed by atoms with van der Waals surface area (Å²) in [7, 11) is 0. The topological polar surface area (TPSA) is 44.5 Å². The fraction of sp³-hybridized carbons (Fsp3) is 0.429. The van der Waals surface area contributed by atoms with Crippen LogP contribution in [0.3, 0.4) is 0 Å². The SMILES string of the molecule is CC(C)OCCOc1cccc(C#CCN)c1. The van der Waals surface area contributed by atoms with Gasteiger partial charge in [0.2, 0.25) is 0 Å². The molecule has 1 aromatic carbocycles. The average molecular weight is 233 g/mol. The van der Waals surface area contributed by atoms with E-state index >= 15 is 0 Å². The quantitative estimate of drug-likeness (QED) is 0.623. The molecule has 0 aliphatic rings. The Bertz CT molecular complexity index is 391. The van der Waals surface area contributed by atoms with Crippen molar-refractivity contribution in [1.29, 1.82) is 0 Å². The van der Waals surface area contributed by atoms with Crippen LogP contribution >= 0.6 is 0 Å². The van der Waals surface area contributed by atoms with Crippen molar-refractivity contribution in [2.75, 3.05) is 19.8 Å². The first-order valence-electron chi connectivity index (χ1n) is 5.76. The molecule has 0 saturated carbocycles. The van der Waals surface area contributed by atoms with Crippen LogP contribution in [0.1, 0.15) is 19.4 Å². The number of nitrogens with two attached hydrogens (primary N) is 1. The molecule has 0 unspecified atom stereocenters. The van der Waals surface area contributed by atoms with Gasteiger partial charge in [0.1, 0.15) is 12.4 Å². The predicted octanol–water partition coefficient (Wildman–Crippen LogP) is 1.80. The number of ether oxygens (including phenoxy) is 2. The van der Waals surface area contributed by atoms with Gasteiger partial charge in [0.05, 0.1) is 19.3 Å². The molecule has 0 aliphatic carbocycles. The predicted molar refractivity (Wildman–Crippen MR) is 69.0 cm³/mol. The lowest BCUT2D eigenvalue weighted by Crippen LogP contribution is -2.11. The Morgan fingerprint density at radius 1 is 1.29 bits per heavy atom. The van der Waals surface area contributed by atoms with Crippen molar-refractivity contribution < 1.29 is 9.47 Å². The molecule has 1 aromatic rings. The van der Waals surface area contributed by atoms with E-state index in [1.807, 2.05) is 38.1 Å². The van der Waals surface area contributed by atoms with E-state index in [9.17, 15) is 0 Å². The van der Waals surface area contributed by atoms with Gasteiger partial charge in [-0.05, 0) is 32.0 Å². The van der Waals surface area contributed by atoms with Crippen molar-refractivity contribution in [3.05, 3.63) is 29.8 Å². The van der Waals surface area contributed by atoms with Gasteiger partial charge < -0.3 is 15.2 Å². The first-order chi connectivity index (χ1) is 8.22. The van der Waals surface area contributed by atoms with Crippen LogP contribution in [0.15, 0.2) is 24.3 Å². The number of hydrogen-bond donors (Lipinski definition) is 1. The van der Waals surface area contributed by atoms with Crippen LogP contribution in [0.25, 0.3) is 0 Å². The molecule has 1 rings (SSSR count). The summed E-state index contributed by atoms with van der Waals surface area (Å²) in [5, 5.41) is 0. The van der Waals surface area contributed by atoms with Gasteiger partial charge in [-0.3, -0.25) is 0 Å². The fourth-order valence-corrected chi connectivity index (χ4v) is 1.26. The molecule has 0 amide bonds. The van der Waals surface area contributed by atoms with Gasteiger partial charge in [-0.25, -0.2) is 0 Å². The fourth-order valence-electron chi connectivity index (χ4n) is 1.26. The number of benzene rings is 1. The van der Waals surface area contributed by atoms with Crippen molar-refractivity contribution >= 4 is 0 Å². The minimum absolute atomic E-state index is 0.236. The second-order valence-electron chi connectivity index (χ2n) is 3.80. The Labute approximate surface area is 103 Å². The first kappa shape index (κ1) is 13.6. The first-order valence-corrected chi connectivity index (χ1v) is 5.76. The molecule has 0 bridgehead atoms. The zero-order chi connectivity index (χ0) is 12.5. The molecule has 0 aliphatic heterocycles. The Kier molecular flexibility index (Phi) is 6.16. The summed E-state index contributed by atoms with van der Waals surface area (Å²) in [5.74, 6) is 6.59. The van der Waals surface area contributed by atoms with Gasteiger partial charge in [-0.1, -0.05) is 17.9 Å². The van der Waals surface area contributed by atoms with E-state index in [1.165, 1.54) is 0 Å². The second kappa shape index (κ2) is 7.72. The van der Waals surface area contributed by atoms with Gasteiger partial charge in [0, 0.05) is 5.56 Å². The highest BCUT2D eigenvalue weighted by molar-refractivity contribution is 5.39. The van der Waals surface area contributed by atoms with Crippen molar-refractivity contribution in [2.45, 2.75) is 20.0 Å². The largest absolute Gasteiger partial charge is 0.491 e. The van der Waals surface area contributed by atoms with E-state index in [2.05, 4.69) is 11.8 Å².